The highest BCUT2D eigenvalue weighted by atomic mass is 35.5. The van der Waals surface area contributed by atoms with Crippen LogP contribution in [-0.2, 0) is 17.8 Å². The topological polar surface area (TPSA) is 70.8 Å². The van der Waals surface area contributed by atoms with Gasteiger partial charge in [-0.15, -0.1) is 37.2 Å². The molecule has 1 aliphatic carbocycles. The second kappa shape index (κ2) is 19.3. The molecule has 2 aliphatic rings. The Hall–Kier alpha value is -2.43. The van der Waals surface area contributed by atoms with Crippen molar-refractivity contribution in [3.8, 4) is 5.75 Å². The number of aromatic nitrogens is 2. The molecule has 0 spiro atoms. The number of rotatable bonds is 13. The molecule has 1 saturated heterocycles. The van der Waals surface area contributed by atoms with Gasteiger partial charge in [-0.05, 0) is 118 Å². The van der Waals surface area contributed by atoms with Crippen molar-refractivity contribution in [3.05, 3.63) is 82.7 Å². The van der Waals surface area contributed by atoms with Crippen molar-refractivity contribution in [2.24, 2.45) is 11.8 Å². The summed E-state index contributed by atoms with van der Waals surface area (Å²) in [7, 11) is 3.43. The van der Waals surface area contributed by atoms with E-state index >= 15 is 0 Å². The first-order valence-corrected chi connectivity index (χ1v) is 16.9. The van der Waals surface area contributed by atoms with Crippen LogP contribution in [0.4, 0.5) is 8.78 Å². The van der Waals surface area contributed by atoms with Crippen LogP contribution in [0.1, 0.15) is 87.2 Å². The van der Waals surface area contributed by atoms with Crippen LogP contribution >= 0.6 is 37.2 Å². The summed E-state index contributed by atoms with van der Waals surface area (Å²) in [5.41, 5.74) is 4.08. The van der Waals surface area contributed by atoms with E-state index in [1.54, 1.807) is 18.2 Å². The van der Waals surface area contributed by atoms with Gasteiger partial charge in [-0.3, -0.25) is 14.4 Å². The van der Waals surface area contributed by atoms with Gasteiger partial charge in [0, 0.05) is 37.2 Å². The number of carboxylic acid groups (broad SMARTS) is 1. The Labute approximate surface area is 309 Å². The second-order valence-electron chi connectivity index (χ2n) is 13.8. The zero-order chi connectivity index (χ0) is 33.0. The van der Waals surface area contributed by atoms with Crippen LogP contribution in [-0.4, -0.2) is 76.5 Å². The molecule has 1 saturated carbocycles. The predicted molar refractivity (Wildman–Crippen MR) is 198 cm³/mol. The van der Waals surface area contributed by atoms with Crippen LogP contribution in [0.15, 0.2) is 48.5 Å². The highest BCUT2D eigenvalue weighted by Gasteiger charge is 2.41. The highest BCUT2D eigenvalue weighted by Crippen LogP contribution is 2.43. The third kappa shape index (κ3) is 10.5. The molecule has 1 aromatic heterocycles. The first-order valence-electron chi connectivity index (χ1n) is 16.9. The number of piperidine rings is 1. The number of ether oxygens (including phenoxy) is 1. The molecule has 2 heterocycles. The highest BCUT2D eigenvalue weighted by molar-refractivity contribution is 5.86. The van der Waals surface area contributed by atoms with Gasteiger partial charge in [-0.25, -0.2) is 8.78 Å². The smallest absolute Gasteiger partial charge is 0.320 e. The lowest BCUT2D eigenvalue weighted by Gasteiger charge is -2.35. The molecule has 4 atom stereocenters. The summed E-state index contributed by atoms with van der Waals surface area (Å²) >= 11 is 0. The number of carbonyl (C=O) groups is 1. The van der Waals surface area contributed by atoms with Crippen molar-refractivity contribution in [1.82, 2.24) is 19.6 Å². The zero-order valence-corrected chi connectivity index (χ0v) is 31.6. The van der Waals surface area contributed by atoms with Gasteiger partial charge in [-0.1, -0.05) is 32.0 Å². The van der Waals surface area contributed by atoms with E-state index in [0.29, 0.717) is 24.7 Å². The maximum Gasteiger partial charge on any atom is 0.320 e. The van der Waals surface area contributed by atoms with Crippen molar-refractivity contribution >= 4 is 43.2 Å². The molecule has 3 aromatic rings. The van der Waals surface area contributed by atoms with E-state index in [9.17, 15) is 18.7 Å². The maximum atomic E-state index is 14.4. The predicted octanol–water partition coefficient (Wildman–Crippen LogP) is 8.22. The van der Waals surface area contributed by atoms with Gasteiger partial charge >= 0.3 is 5.97 Å². The number of likely N-dealkylation sites (tertiary alicyclic amines) is 1. The van der Waals surface area contributed by atoms with Gasteiger partial charge < -0.3 is 14.7 Å². The first-order chi connectivity index (χ1) is 22.1. The Kier molecular flexibility index (Phi) is 16.8. The van der Waals surface area contributed by atoms with Crippen LogP contribution in [0, 0.1) is 23.5 Å². The molecule has 0 bridgehead atoms. The molecule has 1 aliphatic heterocycles. The molecule has 12 heteroatoms. The average molecular weight is 746 g/mol. The molecule has 49 heavy (non-hydrogen) atoms. The lowest BCUT2D eigenvalue weighted by Crippen LogP contribution is -2.45. The fourth-order valence-electron chi connectivity index (χ4n) is 7.84. The Balaban J connectivity index is 0.00000278. The third-order valence-electron chi connectivity index (χ3n) is 10.3. The van der Waals surface area contributed by atoms with E-state index in [1.165, 1.54) is 24.9 Å². The summed E-state index contributed by atoms with van der Waals surface area (Å²) in [6, 6.07) is 13.9. The standard InChI is InChI=1S/C37H50F2N4O3.3ClH/c1-6-43-34(21-30(40-43)17-25-10-11-36(46-5)33(39)18-25)26-12-14-42(15-13-26)23-28-20-31(41(4)35(37(44)45)16-24(2)3)22-32(28)27-8-7-9-29(38)19-27;;;/h7-11,18-19,21,24,26,28,31-32,35H,6,12-17,20,22-23H2,1-5H3,(H,44,45);3*1H/t28?,31?,32?,35-;;;/m1.../s1. The van der Waals surface area contributed by atoms with Crippen molar-refractivity contribution in [2.75, 3.05) is 33.8 Å². The molecule has 2 aromatic carbocycles. The zero-order valence-electron chi connectivity index (χ0n) is 29.2. The number of benzene rings is 2. The van der Waals surface area contributed by atoms with E-state index in [2.05, 4.69) is 41.3 Å². The van der Waals surface area contributed by atoms with Crippen LogP contribution in [0.2, 0.25) is 0 Å². The second-order valence-corrected chi connectivity index (χ2v) is 13.8. The minimum Gasteiger partial charge on any atom is -0.494 e. The lowest BCUT2D eigenvalue weighted by atomic mass is 9.87. The van der Waals surface area contributed by atoms with Gasteiger partial charge in [0.1, 0.15) is 11.9 Å². The summed E-state index contributed by atoms with van der Waals surface area (Å²) in [6.45, 7) is 9.88. The number of aryl methyl sites for hydroxylation is 1. The first kappa shape index (κ1) is 42.7. The van der Waals surface area contributed by atoms with Crippen LogP contribution in [0.5, 0.6) is 5.75 Å². The molecule has 274 valence electrons. The average Bonchev–Trinajstić information content (AvgIpc) is 3.64. The summed E-state index contributed by atoms with van der Waals surface area (Å²) in [4.78, 5) is 16.8. The number of halogens is 5. The van der Waals surface area contributed by atoms with Gasteiger partial charge in [0.2, 0.25) is 0 Å². The normalized spacial score (nSPS) is 20.4. The van der Waals surface area contributed by atoms with E-state index in [0.717, 1.165) is 68.7 Å². The Morgan fingerprint density at radius 1 is 1.06 bits per heavy atom. The molecule has 5 rings (SSSR count). The fraction of sp³-hybridized carbons (Fsp3) is 0.568. The minimum atomic E-state index is -0.769. The molecule has 0 radical (unpaired) electrons. The molecule has 0 amide bonds. The van der Waals surface area contributed by atoms with E-state index < -0.39 is 12.0 Å². The third-order valence-corrected chi connectivity index (χ3v) is 10.3. The van der Waals surface area contributed by atoms with Crippen LogP contribution < -0.4 is 4.74 Å². The summed E-state index contributed by atoms with van der Waals surface area (Å²) in [5.74, 6) is 0.0763. The maximum absolute atomic E-state index is 14.4. The van der Waals surface area contributed by atoms with Crippen molar-refractivity contribution in [2.45, 2.75) is 89.8 Å². The molecule has 3 unspecified atom stereocenters. The number of aliphatic carboxylic acids is 1. The largest absolute Gasteiger partial charge is 0.494 e. The summed E-state index contributed by atoms with van der Waals surface area (Å²) in [6.07, 6.45) is 4.96. The Bertz CT molecular complexity index is 1480. The number of hydrogen-bond acceptors (Lipinski definition) is 5. The number of likely N-dealkylation sites (N-methyl/N-ethyl adjacent to an activating group) is 1. The molecule has 2 fully saturated rings. The summed E-state index contributed by atoms with van der Waals surface area (Å²) in [5, 5.41) is 14.9. The van der Waals surface area contributed by atoms with E-state index in [-0.39, 0.29) is 72.5 Å². The van der Waals surface area contributed by atoms with E-state index in [4.69, 9.17) is 9.84 Å². The van der Waals surface area contributed by atoms with Crippen LogP contribution in [0.25, 0.3) is 0 Å². The molecular weight excluding hydrogens is 693 g/mol. The van der Waals surface area contributed by atoms with Gasteiger partial charge in [-0.2, -0.15) is 5.10 Å². The number of methoxy groups -OCH3 is 1. The molecular formula is C37H53Cl3F2N4O3. The van der Waals surface area contributed by atoms with Crippen molar-refractivity contribution < 1.29 is 23.4 Å². The fourth-order valence-corrected chi connectivity index (χ4v) is 7.84. The number of carboxylic acids is 1. The van der Waals surface area contributed by atoms with Gasteiger partial charge in [0.25, 0.3) is 0 Å². The van der Waals surface area contributed by atoms with Crippen molar-refractivity contribution in [3.63, 3.8) is 0 Å². The number of hydrogen-bond donors (Lipinski definition) is 1. The Morgan fingerprint density at radius 3 is 2.37 bits per heavy atom. The van der Waals surface area contributed by atoms with Gasteiger partial charge in [0.05, 0.1) is 12.8 Å². The van der Waals surface area contributed by atoms with E-state index in [1.807, 2.05) is 19.2 Å². The number of nitrogens with zero attached hydrogens (tertiary/aromatic N) is 4. The molecule has 7 nitrogen and oxygen atoms in total. The lowest BCUT2D eigenvalue weighted by molar-refractivity contribution is -0.144. The van der Waals surface area contributed by atoms with Crippen molar-refractivity contribution in [1.29, 1.82) is 0 Å². The summed E-state index contributed by atoms with van der Waals surface area (Å²) < 4.78 is 35.8. The molecule has 1 N–H and O–H groups in total. The Morgan fingerprint density at radius 2 is 1.78 bits per heavy atom. The van der Waals surface area contributed by atoms with Gasteiger partial charge in [0.15, 0.2) is 11.6 Å². The SMILES string of the molecule is CCn1nc(Cc2ccc(OC)c(F)c2)cc1C1CCN(CC2CC(N(C)[C@H](CC(C)C)C(=O)O)CC2c2cccc(F)c2)CC1.Cl.Cl.Cl. The minimum absolute atomic E-state index is 0. The van der Waals surface area contributed by atoms with Crippen LogP contribution in [0.3, 0.4) is 0 Å². The monoisotopic (exact) mass is 744 g/mol. The quantitative estimate of drug-likeness (QED) is 0.190.